The Kier molecular flexibility index (Phi) is 5.40. The Morgan fingerprint density at radius 3 is 2.68 bits per heavy atom. The second-order valence-corrected chi connectivity index (χ2v) is 6.32. The monoisotopic (exact) mass is 309 g/mol. The van der Waals surface area contributed by atoms with Gasteiger partial charge in [-0.1, -0.05) is 19.3 Å². The molecule has 5 heteroatoms. The van der Waals surface area contributed by atoms with Crippen LogP contribution >= 0.6 is 0 Å². The molecule has 1 fully saturated rings. The number of benzene rings is 1. The first kappa shape index (κ1) is 16.7. The number of carbonyl (C=O) groups excluding carboxylic acids is 1. The summed E-state index contributed by atoms with van der Waals surface area (Å²) in [5.41, 5.74) is -0.632. The van der Waals surface area contributed by atoms with Gasteiger partial charge in [0.25, 0.3) is 0 Å². The molecule has 1 amide bonds. The molecular formula is C17H24FNO3. The lowest BCUT2D eigenvalue weighted by atomic mass is 9.82. The van der Waals surface area contributed by atoms with E-state index in [4.69, 9.17) is 4.74 Å². The Morgan fingerprint density at radius 2 is 2.05 bits per heavy atom. The maximum atomic E-state index is 13.4. The van der Waals surface area contributed by atoms with Gasteiger partial charge in [-0.05, 0) is 38.8 Å². The first-order chi connectivity index (χ1) is 10.4. The van der Waals surface area contributed by atoms with Crippen LogP contribution in [-0.4, -0.2) is 22.7 Å². The Morgan fingerprint density at radius 1 is 1.36 bits per heavy atom. The largest absolute Gasteiger partial charge is 0.489 e. The van der Waals surface area contributed by atoms with E-state index in [1.54, 1.807) is 0 Å². The van der Waals surface area contributed by atoms with Crippen LogP contribution in [0.4, 0.5) is 10.1 Å². The molecule has 1 aromatic rings. The molecule has 2 N–H and O–H groups in total. The number of hydrogen-bond acceptors (Lipinski definition) is 3. The van der Waals surface area contributed by atoms with Gasteiger partial charge in [0.2, 0.25) is 5.91 Å². The van der Waals surface area contributed by atoms with Crippen molar-refractivity contribution in [3.63, 3.8) is 0 Å². The van der Waals surface area contributed by atoms with Crippen molar-refractivity contribution in [3.05, 3.63) is 24.0 Å². The van der Waals surface area contributed by atoms with Gasteiger partial charge < -0.3 is 15.2 Å². The minimum atomic E-state index is -0.936. The standard InChI is InChI=1S/C17H24FNO3/c1-12(2)22-15-7-6-13(18)10-14(15)19-16(20)11-17(21)8-4-3-5-9-17/h6-7,10,12,21H,3-5,8-9,11H2,1-2H3,(H,19,20). The molecule has 0 heterocycles. The SMILES string of the molecule is CC(C)Oc1ccc(F)cc1NC(=O)CC1(O)CCCCC1. The summed E-state index contributed by atoms with van der Waals surface area (Å²) in [4.78, 5) is 12.2. The number of nitrogens with one attached hydrogen (secondary N) is 1. The van der Waals surface area contributed by atoms with Crippen LogP contribution in [-0.2, 0) is 4.79 Å². The summed E-state index contributed by atoms with van der Waals surface area (Å²) in [6.45, 7) is 3.72. The van der Waals surface area contributed by atoms with Gasteiger partial charge in [0.15, 0.2) is 0 Å². The van der Waals surface area contributed by atoms with Gasteiger partial charge in [-0.25, -0.2) is 4.39 Å². The highest BCUT2D eigenvalue weighted by molar-refractivity contribution is 5.92. The molecule has 1 aliphatic carbocycles. The van der Waals surface area contributed by atoms with Crippen LogP contribution in [0.2, 0.25) is 0 Å². The Labute approximate surface area is 130 Å². The number of halogens is 1. The summed E-state index contributed by atoms with van der Waals surface area (Å²) in [5, 5.41) is 13.1. The lowest BCUT2D eigenvalue weighted by Gasteiger charge is -2.31. The van der Waals surface area contributed by atoms with Crippen LogP contribution < -0.4 is 10.1 Å². The van der Waals surface area contributed by atoms with Crippen LogP contribution in [0.1, 0.15) is 52.4 Å². The number of anilines is 1. The third-order valence-electron chi connectivity index (χ3n) is 3.85. The normalized spacial score (nSPS) is 17.3. The maximum Gasteiger partial charge on any atom is 0.227 e. The summed E-state index contributed by atoms with van der Waals surface area (Å²) in [5.74, 6) is -0.327. The number of amides is 1. The summed E-state index contributed by atoms with van der Waals surface area (Å²) < 4.78 is 19.0. The Balaban J connectivity index is 2.05. The van der Waals surface area contributed by atoms with Crippen molar-refractivity contribution in [2.45, 2.75) is 64.1 Å². The van der Waals surface area contributed by atoms with E-state index < -0.39 is 11.4 Å². The summed E-state index contributed by atoms with van der Waals surface area (Å²) >= 11 is 0. The van der Waals surface area contributed by atoms with Crippen molar-refractivity contribution in [2.75, 3.05) is 5.32 Å². The minimum absolute atomic E-state index is 0.0324. The number of carbonyl (C=O) groups is 1. The highest BCUT2D eigenvalue weighted by atomic mass is 19.1. The van der Waals surface area contributed by atoms with Crippen molar-refractivity contribution < 1.29 is 19.0 Å². The van der Waals surface area contributed by atoms with Crippen LogP contribution in [0.3, 0.4) is 0 Å². The third-order valence-corrected chi connectivity index (χ3v) is 3.85. The molecule has 0 aliphatic heterocycles. The zero-order valence-electron chi connectivity index (χ0n) is 13.2. The van der Waals surface area contributed by atoms with Gasteiger partial charge in [-0.15, -0.1) is 0 Å². The smallest absolute Gasteiger partial charge is 0.227 e. The number of ether oxygens (including phenoxy) is 1. The van der Waals surface area contributed by atoms with E-state index in [2.05, 4.69) is 5.32 Å². The fourth-order valence-electron chi connectivity index (χ4n) is 2.84. The van der Waals surface area contributed by atoms with Crippen LogP contribution in [0.25, 0.3) is 0 Å². The molecule has 1 saturated carbocycles. The molecule has 1 aromatic carbocycles. The molecule has 0 unspecified atom stereocenters. The fraction of sp³-hybridized carbons (Fsp3) is 0.588. The van der Waals surface area contributed by atoms with Gasteiger partial charge in [0.05, 0.1) is 23.8 Å². The minimum Gasteiger partial charge on any atom is -0.489 e. The van der Waals surface area contributed by atoms with Crippen molar-refractivity contribution in [1.82, 2.24) is 0 Å². The lowest BCUT2D eigenvalue weighted by molar-refractivity contribution is -0.122. The van der Waals surface area contributed by atoms with E-state index in [9.17, 15) is 14.3 Å². The lowest BCUT2D eigenvalue weighted by Crippen LogP contribution is -2.36. The summed E-state index contributed by atoms with van der Waals surface area (Å²) in [6.07, 6.45) is 4.20. The molecular weight excluding hydrogens is 285 g/mol. The number of hydrogen-bond donors (Lipinski definition) is 2. The molecule has 0 bridgehead atoms. The fourth-order valence-corrected chi connectivity index (χ4v) is 2.84. The summed E-state index contributed by atoms with van der Waals surface area (Å²) in [6, 6.07) is 4.03. The topological polar surface area (TPSA) is 58.6 Å². The highest BCUT2D eigenvalue weighted by Crippen LogP contribution is 2.32. The van der Waals surface area contributed by atoms with E-state index in [1.165, 1.54) is 18.2 Å². The molecule has 0 saturated heterocycles. The van der Waals surface area contributed by atoms with E-state index >= 15 is 0 Å². The van der Waals surface area contributed by atoms with Crippen molar-refractivity contribution in [1.29, 1.82) is 0 Å². The predicted molar refractivity (Wildman–Crippen MR) is 83.4 cm³/mol. The van der Waals surface area contributed by atoms with E-state index in [-0.39, 0.29) is 18.4 Å². The van der Waals surface area contributed by atoms with Crippen molar-refractivity contribution >= 4 is 11.6 Å². The second-order valence-electron chi connectivity index (χ2n) is 6.32. The summed E-state index contributed by atoms with van der Waals surface area (Å²) in [7, 11) is 0. The van der Waals surface area contributed by atoms with Crippen LogP contribution in [0.5, 0.6) is 5.75 Å². The third kappa shape index (κ3) is 4.70. The molecule has 2 rings (SSSR count). The van der Waals surface area contributed by atoms with Gasteiger partial charge in [0.1, 0.15) is 11.6 Å². The average molecular weight is 309 g/mol. The molecule has 0 aromatic heterocycles. The zero-order chi connectivity index (χ0) is 16.2. The molecule has 1 aliphatic rings. The highest BCUT2D eigenvalue weighted by Gasteiger charge is 2.31. The average Bonchev–Trinajstić information content (AvgIpc) is 2.41. The van der Waals surface area contributed by atoms with Gasteiger partial charge in [-0.3, -0.25) is 4.79 Å². The van der Waals surface area contributed by atoms with Gasteiger partial charge >= 0.3 is 0 Å². The van der Waals surface area contributed by atoms with Crippen molar-refractivity contribution in [2.24, 2.45) is 0 Å². The van der Waals surface area contributed by atoms with Gasteiger partial charge in [0, 0.05) is 6.07 Å². The zero-order valence-corrected chi connectivity index (χ0v) is 13.2. The van der Waals surface area contributed by atoms with Gasteiger partial charge in [-0.2, -0.15) is 0 Å². The Bertz CT molecular complexity index is 525. The van der Waals surface area contributed by atoms with E-state index in [0.29, 0.717) is 24.3 Å². The first-order valence-electron chi connectivity index (χ1n) is 7.86. The number of rotatable bonds is 5. The van der Waals surface area contributed by atoms with E-state index in [1.807, 2.05) is 13.8 Å². The second kappa shape index (κ2) is 7.09. The van der Waals surface area contributed by atoms with E-state index in [0.717, 1.165) is 19.3 Å². The molecule has 0 spiro atoms. The van der Waals surface area contributed by atoms with Crippen LogP contribution in [0, 0.1) is 5.82 Å². The molecule has 0 radical (unpaired) electrons. The predicted octanol–water partition coefficient (Wildman–Crippen LogP) is 3.64. The molecule has 122 valence electrons. The first-order valence-corrected chi connectivity index (χ1v) is 7.86. The number of aliphatic hydroxyl groups is 1. The molecule has 0 atom stereocenters. The maximum absolute atomic E-state index is 13.4. The quantitative estimate of drug-likeness (QED) is 0.873. The van der Waals surface area contributed by atoms with Crippen molar-refractivity contribution in [3.8, 4) is 5.75 Å². The Hall–Kier alpha value is -1.62. The molecule has 4 nitrogen and oxygen atoms in total. The molecule has 22 heavy (non-hydrogen) atoms. The van der Waals surface area contributed by atoms with Crippen LogP contribution in [0.15, 0.2) is 18.2 Å².